The summed E-state index contributed by atoms with van der Waals surface area (Å²) < 4.78 is 33.5. The lowest BCUT2D eigenvalue weighted by Crippen LogP contribution is -2.50. The maximum Gasteiger partial charge on any atom is 0.387 e. The predicted octanol–water partition coefficient (Wildman–Crippen LogP) is 2.09. The van der Waals surface area contributed by atoms with Gasteiger partial charge in [0.15, 0.2) is 0 Å². The van der Waals surface area contributed by atoms with Crippen LogP contribution in [0.2, 0.25) is 0 Å². The number of anilines is 1. The van der Waals surface area contributed by atoms with Gasteiger partial charge in [0, 0.05) is 86.2 Å². The van der Waals surface area contributed by atoms with E-state index in [-0.39, 0.29) is 23.6 Å². The van der Waals surface area contributed by atoms with Crippen molar-refractivity contribution in [3.05, 3.63) is 65.5 Å². The first kappa shape index (κ1) is 26.2. The number of imidazole rings is 1. The van der Waals surface area contributed by atoms with Crippen molar-refractivity contribution in [2.75, 3.05) is 44.7 Å². The number of aliphatic hydroxyl groups excluding tert-OH is 1. The number of alkyl halides is 2. The average Bonchev–Trinajstić information content (AvgIpc) is 3.53. The Bertz CT molecular complexity index is 1700. The molecule has 1 fully saturated rings. The highest BCUT2D eigenvalue weighted by atomic mass is 19.3. The van der Waals surface area contributed by atoms with E-state index in [2.05, 4.69) is 15.0 Å². The second-order valence-electron chi connectivity index (χ2n) is 10.5. The van der Waals surface area contributed by atoms with Crippen LogP contribution in [0, 0.1) is 0 Å². The van der Waals surface area contributed by atoms with Gasteiger partial charge >= 0.3 is 6.61 Å². The number of nitrogens with zero attached hydrogens (tertiary/aromatic N) is 8. The van der Waals surface area contributed by atoms with E-state index in [1.54, 1.807) is 47.6 Å². The van der Waals surface area contributed by atoms with E-state index in [4.69, 9.17) is 14.8 Å². The number of amides is 2. The third kappa shape index (κ3) is 4.12. The first-order valence-corrected chi connectivity index (χ1v) is 13.5. The Hall–Kier alpha value is -4.72. The molecule has 14 heteroatoms. The molecule has 12 nitrogen and oxygen atoms in total. The minimum Gasteiger partial charge on any atom is -0.434 e. The van der Waals surface area contributed by atoms with Gasteiger partial charge in [-0.15, -0.1) is 0 Å². The Balaban J connectivity index is 1.23. The summed E-state index contributed by atoms with van der Waals surface area (Å²) in [5, 5.41) is 9.09. The van der Waals surface area contributed by atoms with E-state index >= 15 is 0 Å². The van der Waals surface area contributed by atoms with Crippen molar-refractivity contribution in [3.63, 3.8) is 0 Å². The number of hydrogen-bond acceptors (Lipinski definition) is 9. The maximum absolute atomic E-state index is 13.4. The highest BCUT2D eigenvalue weighted by Crippen LogP contribution is 2.52. The molecule has 7 rings (SSSR count). The lowest BCUT2D eigenvalue weighted by molar-refractivity contribution is -0.134. The number of rotatable bonds is 5. The van der Waals surface area contributed by atoms with E-state index in [0.29, 0.717) is 61.1 Å². The van der Waals surface area contributed by atoms with E-state index in [9.17, 15) is 18.4 Å². The summed E-state index contributed by atoms with van der Waals surface area (Å²) >= 11 is 0. The fraction of sp³-hybridized carbons (Fsp3) is 0.357. The number of carbonyl (C=O) groups is 2. The van der Waals surface area contributed by atoms with Crippen molar-refractivity contribution in [3.8, 4) is 16.9 Å². The second kappa shape index (κ2) is 9.98. The second-order valence-corrected chi connectivity index (χ2v) is 10.5. The molecule has 0 saturated carbocycles. The third-order valence-corrected chi connectivity index (χ3v) is 8.32. The Kier molecular flexibility index (Phi) is 6.22. The normalized spacial score (nSPS) is 19.7. The van der Waals surface area contributed by atoms with E-state index in [1.807, 2.05) is 15.5 Å². The summed E-state index contributed by atoms with van der Waals surface area (Å²) in [6.07, 6.45) is 7.44. The summed E-state index contributed by atoms with van der Waals surface area (Å²) in [5.74, 6) is -0.0273. The van der Waals surface area contributed by atoms with Gasteiger partial charge in [-0.25, -0.2) is 19.9 Å². The van der Waals surface area contributed by atoms with Gasteiger partial charge in [-0.2, -0.15) is 8.78 Å². The molecule has 4 aromatic rings. The van der Waals surface area contributed by atoms with E-state index in [0.717, 1.165) is 16.8 Å². The SMILES string of the molecule is CN1C(=O)c2cccc(OC(F)F)c2C2CC1c1nc3ncc(-c4cnc(N5CCN(C(=O)CO)CC5)nc4)cn3c12. The van der Waals surface area contributed by atoms with Crippen LogP contribution in [0.15, 0.2) is 43.0 Å². The number of hydrogen-bond donors (Lipinski definition) is 1. The zero-order valence-corrected chi connectivity index (χ0v) is 22.5. The van der Waals surface area contributed by atoms with Crippen LogP contribution in [0.25, 0.3) is 16.9 Å². The third-order valence-electron chi connectivity index (χ3n) is 8.32. The van der Waals surface area contributed by atoms with Gasteiger partial charge in [0.1, 0.15) is 12.4 Å². The standard InChI is InChI=1S/C28H26F2N8O4/c1-35-19-9-18(22-17(25(35)41)3-2-4-20(22)42-26(29)30)24-23(19)34-28-33-12-16(13-38(24)28)15-10-31-27(32-11-15)37-7-5-36(6-8-37)21(40)14-39/h2-4,10-13,18-19,26,39H,5-9,14H2,1H3. The number of halogens is 2. The molecule has 0 radical (unpaired) electrons. The van der Waals surface area contributed by atoms with E-state index < -0.39 is 19.1 Å². The number of piperazine rings is 1. The van der Waals surface area contributed by atoms with Crippen molar-refractivity contribution >= 4 is 23.5 Å². The highest BCUT2D eigenvalue weighted by Gasteiger charge is 2.46. The maximum atomic E-state index is 13.4. The van der Waals surface area contributed by atoms with Gasteiger partial charge in [-0.05, 0) is 18.6 Å². The van der Waals surface area contributed by atoms with Crippen molar-refractivity contribution in [1.82, 2.24) is 34.1 Å². The Labute approximate surface area is 238 Å². The largest absolute Gasteiger partial charge is 0.434 e. The molecular formula is C28H26F2N8O4. The molecule has 3 aliphatic rings. The van der Waals surface area contributed by atoms with Crippen molar-refractivity contribution in [2.24, 2.45) is 0 Å². The molecule has 2 amide bonds. The molecule has 216 valence electrons. The Morgan fingerprint density at radius 2 is 1.83 bits per heavy atom. The molecule has 3 aromatic heterocycles. The number of ether oxygens (including phenoxy) is 1. The van der Waals surface area contributed by atoms with Crippen LogP contribution in [0.3, 0.4) is 0 Å². The first-order chi connectivity index (χ1) is 20.3. The molecule has 1 N–H and O–H groups in total. The fourth-order valence-electron chi connectivity index (χ4n) is 6.26. The molecule has 1 saturated heterocycles. The van der Waals surface area contributed by atoms with Crippen molar-refractivity contribution < 1.29 is 28.2 Å². The monoisotopic (exact) mass is 576 g/mol. The summed E-state index contributed by atoms with van der Waals surface area (Å²) in [6.45, 7) is -1.47. The topological polar surface area (TPSA) is 129 Å². The van der Waals surface area contributed by atoms with Gasteiger partial charge < -0.3 is 24.5 Å². The highest BCUT2D eigenvalue weighted by molar-refractivity contribution is 5.98. The zero-order valence-electron chi connectivity index (χ0n) is 22.5. The first-order valence-electron chi connectivity index (χ1n) is 13.5. The minimum atomic E-state index is -3.03. The van der Waals surface area contributed by atoms with Gasteiger partial charge in [0.25, 0.3) is 5.91 Å². The molecule has 5 heterocycles. The Morgan fingerprint density at radius 1 is 1.10 bits per heavy atom. The van der Waals surface area contributed by atoms with Crippen LogP contribution in [0.1, 0.15) is 45.7 Å². The molecular weight excluding hydrogens is 550 g/mol. The number of aliphatic hydroxyl groups is 1. The summed E-state index contributed by atoms with van der Waals surface area (Å²) in [6, 6.07) is 4.31. The number of aromatic nitrogens is 5. The molecule has 1 aromatic carbocycles. The van der Waals surface area contributed by atoms with Crippen molar-refractivity contribution in [2.45, 2.75) is 25.0 Å². The van der Waals surface area contributed by atoms with Crippen LogP contribution in [0.4, 0.5) is 14.7 Å². The van der Waals surface area contributed by atoms with Gasteiger partial charge in [0.2, 0.25) is 17.6 Å². The Morgan fingerprint density at radius 3 is 2.55 bits per heavy atom. The predicted molar refractivity (Wildman–Crippen MR) is 144 cm³/mol. The molecule has 2 aliphatic heterocycles. The molecule has 1 aliphatic carbocycles. The minimum absolute atomic E-state index is 0.0210. The smallest absolute Gasteiger partial charge is 0.387 e. The molecule has 2 bridgehead atoms. The number of benzene rings is 1. The van der Waals surface area contributed by atoms with Gasteiger partial charge in [-0.3, -0.25) is 14.0 Å². The average molecular weight is 577 g/mol. The van der Waals surface area contributed by atoms with Crippen molar-refractivity contribution in [1.29, 1.82) is 0 Å². The zero-order chi connectivity index (χ0) is 29.1. The van der Waals surface area contributed by atoms with Crippen LogP contribution < -0.4 is 9.64 Å². The molecule has 0 spiro atoms. The molecule has 2 atom stereocenters. The lowest BCUT2D eigenvalue weighted by atomic mass is 9.91. The van der Waals surface area contributed by atoms with Crippen LogP contribution in [-0.2, 0) is 4.79 Å². The summed E-state index contributed by atoms with van der Waals surface area (Å²) in [5.41, 5.74) is 3.67. The van der Waals surface area contributed by atoms with Crippen LogP contribution in [0.5, 0.6) is 5.75 Å². The number of carbonyl (C=O) groups excluding carboxylic acids is 2. The lowest BCUT2D eigenvalue weighted by Gasteiger charge is -2.34. The van der Waals surface area contributed by atoms with Gasteiger partial charge in [-0.1, -0.05) is 6.07 Å². The number of fused-ring (bicyclic) bond motifs is 9. The summed E-state index contributed by atoms with van der Waals surface area (Å²) in [7, 11) is 1.70. The molecule has 42 heavy (non-hydrogen) atoms. The van der Waals surface area contributed by atoms with Crippen LogP contribution >= 0.6 is 0 Å². The van der Waals surface area contributed by atoms with Gasteiger partial charge in [0.05, 0.1) is 17.4 Å². The quantitative estimate of drug-likeness (QED) is 0.380. The van der Waals surface area contributed by atoms with E-state index in [1.165, 1.54) is 6.07 Å². The summed E-state index contributed by atoms with van der Waals surface area (Å²) in [4.78, 5) is 48.7. The molecule has 2 unspecified atom stereocenters. The fourth-order valence-corrected chi connectivity index (χ4v) is 6.26. The van der Waals surface area contributed by atoms with Crippen LogP contribution in [-0.4, -0.2) is 97.5 Å².